The summed E-state index contributed by atoms with van der Waals surface area (Å²) in [5.74, 6) is 0.647. The van der Waals surface area contributed by atoms with Crippen LogP contribution in [0.5, 0.6) is 11.5 Å². The van der Waals surface area contributed by atoms with E-state index in [9.17, 15) is 9.59 Å². The number of fused-ring (bicyclic) bond motifs is 1. The molecule has 0 bridgehead atoms. The van der Waals surface area contributed by atoms with Gasteiger partial charge in [-0.05, 0) is 55.3 Å². The van der Waals surface area contributed by atoms with E-state index in [0.717, 1.165) is 15.6 Å². The number of hydrogen-bond acceptors (Lipinski definition) is 7. The Morgan fingerprint density at radius 1 is 1.22 bits per heavy atom. The third kappa shape index (κ3) is 5.08. The molecule has 0 radical (unpaired) electrons. The number of ether oxygens (including phenoxy) is 3. The molecule has 4 rings (SSSR count). The Bertz CT molecular complexity index is 1520. The molecule has 2 heterocycles. The van der Waals surface area contributed by atoms with Gasteiger partial charge in [-0.25, -0.2) is 9.79 Å². The molecule has 186 valence electrons. The van der Waals surface area contributed by atoms with Crippen molar-refractivity contribution in [2.24, 2.45) is 4.99 Å². The van der Waals surface area contributed by atoms with E-state index in [2.05, 4.69) is 27.5 Å². The van der Waals surface area contributed by atoms with Crippen molar-refractivity contribution < 1.29 is 19.0 Å². The maximum absolute atomic E-state index is 13.7. The summed E-state index contributed by atoms with van der Waals surface area (Å²) in [5.41, 5.74) is 2.19. The number of carbonyl (C=O) groups excluding carboxylic acids is 1. The molecule has 0 fully saturated rings. The molecule has 0 amide bonds. The standard InChI is InChI=1S/C27H25BrN2O5S/c1-5-13-35-20-12-7-17(14-21(20)33-4)15-22-25(31)30-24(18-8-10-19(28)11-9-18)23(26(32)34-6-2)16(3)29-27(30)36-22/h5,7-12,14-15,24H,1,6,13H2,2-4H3/b22-15-/t24-/m1/s1. The lowest BCUT2D eigenvalue weighted by Crippen LogP contribution is -2.39. The Kier molecular flexibility index (Phi) is 7.91. The van der Waals surface area contributed by atoms with Crippen LogP contribution in [0.25, 0.3) is 6.08 Å². The van der Waals surface area contributed by atoms with Crippen LogP contribution >= 0.6 is 27.3 Å². The molecule has 3 aromatic rings. The average molecular weight is 569 g/mol. The first-order valence-electron chi connectivity index (χ1n) is 11.2. The van der Waals surface area contributed by atoms with Crippen LogP contribution in [0, 0.1) is 0 Å². The van der Waals surface area contributed by atoms with E-state index < -0.39 is 12.0 Å². The Labute approximate surface area is 220 Å². The van der Waals surface area contributed by atoms with Gasteiger partial charge in [-0.15, -0.1) is 0 Å². The van der Waals surface area contributed by atoms with Crippen molar-refractivity contribution in [2.45, 2.75) is 19.9 Å². The monoisotopic (exact) mass is 568 g/mol. The number of allylic oxidation sites excluding steroid dienone is 1. The molecule has 0 saturated carbocycles. The van der Waals surface area contributed by atoms with Gasteiger partial charge in [0.1, 0.15) is 6.61 Å². The number of aromatic nitrogens is 1. The van der Waals surface area contributed by atoms with Crippen LogP contribution in [-0.4, -0.2) is 30.9 Å². The molecule has 1 aliphatic heterocycles. The maximum atomic E-state index is 13.7. The van der Waals surface area contributed by atoms with Gasteiger partial charge in [0.15, 0.2) is 16.3 Å². The van der Waals surface area contributed by atoms with Gasteiger partial charge >= 0.3 is 5.97 Å². The lowest BCUT2D eigenvalue weighted by atomic mass is 9.96. The predicted molar refractivity (Wildman–Crippen MR) is 143 cm³/mol. The topological polar surface area (TPSA) is 79.1 Å². The van der Waals surface area contributed by atoms with Crippen LogP contribution < -0.4 is 24.4 Å². The SMILES string of the molecule is C=CCOc1ccc(/C=c2\sc3n(c2=O)[C@H](c2ccc(Br)cc2)C(C(=O)OCC)=C(C)N=3)cc1OC. The highest BCUT2D eigenvalue weighted by molar-refractivity contribution is 9.10. The summed E-state index contributed by atoms with van der Waals surface area (Å²) in [6.07, 6.45) is 3.44. The van der Waals surface area contributed by atoms with Crippen LogP contribution in [-0.2, 0) is 9.53 Å². The molecule has 0 unspecified atom stereocenters. The maximum Gasteiger partial charge on any atom is 0.338 e. The molecule has 0 saturated heterocycles. The minimum absolute atomic E-state index is 0.224. The molecule has 2 aromatic carbocycles. The number of nitrogens with zero attached hydrogens (tertiary/aromatic N) is 2. The van der Waals surface area contributed by atoms with Gasteiger partial charge in [-0.2, -0.15) is 0 Å². The number of esters is 1. The number of benzene rings is 2. The van der Waals surface area contributed by atoms with Crippen molar-refractivity contribution in [3.63, 3.8) is 0 Å². The highest BCUT2D eigenvalue weighted by atomic mass is 79.9. The molecular weight excluding hydrogens is 544 g/mol. The van der Waals surface area contributed by atoms with E-state index in [1.165, 1.54) is 11.3 Å². The van der Waals surface area contributed by atoms with Crippen LogP contribution in [0.4, 0.5) is 0 Å². The van der Waals surface area contributed by atoms with Crippen LogP contribution in [0.15, 0.2) is 80.6 Å². The zero-order valence-corrected chi connectivity index (χ0v) is 22.5. The van der Waals surface area contributed by atoms with E-state index in [1.807, 2.05) is 30.3 Å². The number of halogens is 1. The number of hydrogen-bond donors (Lipinski definition) is 0. The first-order chi connectivity index (χ1) is 17.4. The van der Waals surface area contributed by atoms with Gasteiger partial charge in [0.2, 0.25) is 0 Å². The third-order valence-corrected chi connectivity index (χ3v) is 7.06. The fourth-order valence-corrected chi connectivity index (χ4v) is 5.26. The summed E-state index contributed by atoms with van der Waals surface area (Å²) in [4.78, 5) is 31.8. The van der Waals surface area contributed by atoms with Gasteiger partial charge in [-0.3, -0.25) is 9.36 Å². The Morgan fingerprint density at radius 2 is 1.97 bits per heavy atom. The van der Waals surface area contributed by atoms with Gasteiger partial charge in [-0.1, -0.05) is 58.1 Å². The predicted octanol–water partition coefficient (Wildman–Crippen LogP) is 4.13. The molecule has 0 N–H and O–H groups in total. The fraction of sp³-hybridized carbons (Fsp3) is 0.222. The smallest absolute Gasteiger partial charge is 0.338 e. The Balaban J connectivity index is 1.87. The second-order valence-electron chi connectivity index (χ2n) is 7.86. The van der Waals surface area contributed by atoms with Gasteiger partial charge < -0.3 is 14.2 Å². The zero-order valence-electron chi connectivity index (χ0n) is 20.1. The lowest BCUT2D eigenvalue weighted by Gasteiger charge is -2.24. The highest BCUT2D eigenvalue weighted by Crippen LogP contribution is 2.32. The van der Waals surface area contributed by atoms with Gasteiger partial charge in [0.05, 0.1) is 35.6 Å². The molecule has 1 atom stereocenters. The van der Waals surface area contributed by atoms with E-state index in [4.69, 9.17) is 14.2 Å². The molecule has 1 aliphatic rings. The summed E-state index contributed by atoms with van der Waals surface area (Å²) in [5, 5.41) is 0. The first-order valence-corrected chi connectivity index (χ1v) is 12.9. The first kappa shape index (κ1) is 25.7. The zero-order chi connectivity index (χ0) is 25.8. The van der Waals surface area contributed by atoms with Crippen LogP contribution in [0.2, 0.25) is 0 Å². The summed E-state index contributed by atoms with van der Waals surface area (Å²) in [6, 6.07) is 12.3. The summed E-state index contributed by atoms with van der Waals surface area (Å²) < 4.78 is 19.4. The Hall–Kier alpha value is -3.43. The van der Waals surface area contributed by atoms with Crippen molar-refractivity contribution in [3.05, 3.63) is 102 Å². The van der Waals surface area contributed by atoms with Crippen molar-refractivity contribution in [2.75, 3.05) is 20.3 Å². The van der Waals surface area contributed by atoms with E-state index in [0.29, 0.717) is 38.7 Å². The van der Waals surface area contributed by atoms with Crippen molar-refractivity contribution in [3.8, 4) is 11.5 Å². The molecule has 0 aliphatic carbocycles. The van der Waals surface area contributed by atoms with Crippen molar-refractivity contribution in [1.29, 1.82) is 0 Å². The minimum atomic E-state index is -0.653. The molecule has 0 spiro atoms. The largest absolute Gasteiger partial charge is 0.493 e. The second-order valence-corrected chi connectivity index (χ2v) is 9.79. The quantitative estimate of drug-likeness (QED) is 0.301. The van der Waals surface area contributed by atoms with E-state index in [1.54, 1.807) is 49.8 Å². The number of methoxy groups -OCH3 is 1. The third-order valence-electron chi connectivity index (χ3n) is 5.54. The second kappa shape index (κ2) is 11.1. The summed E-state index contributed by atoms with van der Waals surface area (Å²) >= 11 is 4.72. The highest BCUT2D eigenvalue weighted by Gasteiger charge is 2.33. The van der Waals surface area contributed by atoms with Gasteiger partial charge in [0, 0.05) is 4.47 Å². The molecule has 36 heavy (non-hydrogen) atoms. The van der Waals surface area contributed by atoms with Crippen molar-refractivity contribution >= 4 is 39.3 Å². The number of carbonyl (C=O) groups is 1. The van der Waals surface area contributed by atoms with E-state index >= 15 is 0 Å². The Morgan fingerprint density at radius 3 is 2.64 bits per heavy atom. The summed E-state index contributed by atoms with van der Waals surface area (Å²) in [6.45, 7) is 7.75. The number of thiazole rings is 1. The van der Waals surface area contributed by atoms with Gasteiger partial charge in [0.25, 0.3) is 5.56 Å². The molecule has 7 nitrogen and oxygen atoms in total. The molecule has 1 aromatic heterocycles. The minimum Gasteiger partial charge on any atom is -0.493 e. The van der Waals surface area contributed by atoms with E-state index in [-0.39, 0.29) is 12.2 Å². The van der Waals surface area contributed by atoms with Crippen molar-refractivity contribution in [1.82, 2.24) is 4.57 Å². The fourth-order valence-electron chi connectivity index (χ4n) is 3.95. The van der Waals surface area contributed by atoms with Crippen LogP contribution in [0.3, 0.4) is 0 Å². The molecule has 9 heteroatoms. The normalized spacial score (nSPS) is 15.2. The van der Waals surface area contributed by atoms with Crippen LogP contribution in [0.1, 0.15) is 31.0 Å². The average Bonchev–Trinajstić information content (AvgIpc) is 3.17. The molecular formula is C27H25BrN2O5S. The number of rotatable bonds is 8. The lowest BCUT2D eigenvalue weighted by molar-refractivity contribution is -0.139. The summed E-state index contributed by atoms with van der Waals surface area (Å²) in [7, 11) is 1.56.